The van der Waals surface area contributed by atoms with Gasteiger partial charge in [0.1, 0.15) is 5.15 Å². The number of aliphatic imine (C=N–C) groups is 1. The highest BCUT2D eigenvalue weighted by Crippen LogP contribution is 2.28. The smallest absolute Gasteiger partial charge is 0.225 e. The second kappa shape index (κ2) is 11.4. The number of carbonyl (C=O) groups excluding carboxylic acids is 1. The Morgan fingerprint density at radius 1 is 1.24 bits per heavy atom. The highest BCUT2D eigenvalue weighted by Gasteiger charge is 2.30. The lowest BCUT2D eigenvalue weighted by Crippen LogP contribution is -2.51. The molecule has 2 heterocycles. The maximum absolute atomic E-state index is 12.3. The van der Waals surface area contributed by atoms with Crippen molar-refractivity contribution < 1.29 is 4.79 Å². The summed E-state index contributed by atoms with van der Waals surface area (Å²) in [7, 11) is 0. The van der Waals surface area contributed by atoms with Crippen molar-refractivity contribution in [1.29, 1.82) is 0 Å². The fraction of sp³-hybridized carbons (Fsp3) is 0.667. The van der Waals surface area contributed by atoms with Crippen molar-refractivity contribution in [1.82, 2.24) is 25.4 Å². The van der Waals surface area contributed by atoms with Gasteiger partial charge in [-0.3, -0.25) is 14.7 Å². The number of hydrogen-bond donors (Lipinski definition) is 2. The normalized spacial score (nSPS) is 18.4. The van der Waals surface area contributed by atoms with Gasteiger partial charge in [0, 0.05) is 57.9 Å². The fourth-order valence-corrected chi connectivity index (χ4v) is 3.74. The van der Waals surface area contributed by atoms with E-state index in [9.17, 15) is 4.79 Å². The molecule has 1 aliphatic heterocycles. The standard InChI is InChI=1S/C21H33ClN6O/c1-2-23-21(24-9-8-17-6-7-19(22)26-16-17)25-10-11-27-12-14-28(15-13-27)20(29)18-4-3-5-18/h6-7,16,18H,2-5,8-15H2,1H3,(H2,23,24,25). The molecular formula is C21H33ClN6O. The van der Waals surface area contributed by atoms with Crippen LogP contribution in [0.1, 0.15) is 31.7 Å². The van der Waals surface area contributed by atoms with E-state index < -0.39 is 0 Å². The van der Waals surface area contributed by atoms with E-state index in [0.717, 1.165) is 83.1 Å². The van der Waals surface area contributed by atoms with Crippen molar-refractivity contribution >= 4 is 23.5 Å². The molecule has 1 saturated heterocycles. The molecule has 0 bridgehead atoms. The number of rotatable bonds is 8. The van der Waals surface area contributed by atoms with E-state index in [0.29, 0.717) is 17.0 Å². The molecule has 1 saturated carbocycles. The first-order valence-electron chi connectivity index (χ1n) is 10.8. The van der Waals surface area contributed by atoms with Crippen molar-refractivity contribution in [3.05, 3.63) is 29.0 Å². The number of hydrogen-bond acceptors (Lipinski definition) is 4. The quantitative estimate of drug-likeness (QED) is 0.381. The molecule has 0 unspecified atom stereocenters. The van der Waals surface area contributed by atoms with E-state index in [4.69, 9.17) is 16.6 Å². The highest BCUT2D eigenvalue weighted by atomic mass is 35.5. The Labute approximate surface area is 178 Å². The molecule has 1 amide bonds. The average Bonchev–Trinajstić information content (AvgIpc) is 2.68. The van der Waals surface area contributed by atoms with E-state index in [1.807, 2.05) is 18.3 Å². The average molecular weight is 421 g/mol. The summed E-state index contributed by atoms with van der Waals surface area (Å²) in [5, 5.41) is 7.19. The van der Waals surface area contributed by atoms with Crippen molar-refractivity contribution in [2.45, 2.75) is 32.6 Å². The van der Waals surface area contributed by atoms with Gasteiger partial charge in [-0.25, -0.2) is 4.98 Å². The van der Waals surface area contributed by atoms with Crippen molar-refractivity contribution in [2.75, 3.05) is 52.4 Å². The maximum Gasteiger partial charge on any atom is 0.225 e. The Bertz CT molecular complexity index is 668. The van der Waals surface area contributed by atoms with Crippen LogP contribution in [0.5, 0.6) is 0 Å². The summed E-state index contributed by atoms with van der Waals surface area (Å²) >= 11 is 5.83. The number of amides is 1. The van der Waals surface area contributed by atoms with Crippen LogP contribution in [0, 0.1) is 5.92 Å². The zero-order chi connectivity index (χ0) is 20.5. The molecule has 2 N–H and O–H groups in total. The lowest BCUT2D eigenvalue weighted by atomic mass is 9.84. The molecule has 1 aromatic heterocycles. The van der Waals surface area contributed by atoms with E-state index in [-0.39, 0.29) is 0 Å². The number of halogens is 1. The van der Waals surface area contributed by atoms with Gasteiger partial charge in [-0.1, -0.05) is 24.1 Å². The number of carbonyl (C=O) groups is 1. The van der Waals surface area contributed by atoms with Gasteiger partial charge in [0.05, 0.1) is 6.54 Å². The zero-order valence-electron chi connectivity index (χ0n) is 17.4. The van der Waals surface area contributed by atoms with Crippen LogP contribution in [-0.2, 0) is 11.2 Å². The molecule has 1 aromatic rings. The van der Waals surface area contributed by atoms with E-state index in [2.05, 4.69) is 32.3 Å². The highest BCUT2D eigenvalue weighted by molar-refractivity contribution is 6.29. The monoisotopic (exact) mass is 420 g/mol. The molecule has 0 aromatic carbocycles. The minimum atomic E-state index is 0.309. The molecule has 1 aliphatic carbocycles. The number of piperazine rings is 1. The Morgan fingerprint density at radius 3 is 2.66 bits per heavy atom. The lowest BCUT2D eigenvalue weighted by Gasteiger charge is -2.38. The minimum absolute atomic E-state index is 0.309. The zero-order valence-corrected chi connectivity index (χ0v) is 18.1. The predicted molar refractivity (Wildman–Crippen MR) is 117 cm³/mol. The van der Waals surface area contributed by atoms with Crippen molar-refractivity contribution in [2.24, 2.45) is 10.9 Å². The molecule has 7 nitrogen and oxygen atoms in total. The first kappa shape index (κ1) is 21.8. The minimum Gasteiger partial charge on any atom is -0.357 e. The molecular weight excluding hydrogens is 388 g/mol. The maximum atomic E-state index is 12.3. The van der Waals surface area contributed by atoms with Crippen LogP contribution < -0.4 is 10.6 Å². The molecule has 8 heteroatoms. The van der Waals surface area contributed by atoms with Crippen molar-refractivity contribution in [3.8, 4) is 0 Å². The third kappa shape index (κ3) is 6.85. The van der Waals surface area contributed by atoms with Crippen LogP contribution in [0.15, 0.2) is 23.3 Å². The van der Waals surface area contributed by atoms with Crippen LogP contribution in [0.2, 0.25) is 5.15 Å². The summed E-state index contributed by atoms with van der Waals surface area (Å²) in [6.45, 7) is 8.95. The first-order valence-corrected chi connectivity index (χ1v) is 11.2. The third-order valence-corrected chi connectivity index (χ3v) is 5.89. The fourth-order valence-electron chi connectivity index (χ4n) is 3.63. The summed E-state index contributed by atoms with van der Waals surface area (Å²) in [5.74, 6) is 1.53. The number of nitrogens with one attached hydrogen (secondary N) is 2. The van der Waals surface area contributed by atoms with Gasteiger partial charge < -0.3 is 15.5 Å². The second-order valence-corrected chi connectivity index (χ2v) is 8.11. The van der Waals surface area contributed by atoms with Gasteiger partial charge in [-0.05, 0) is 37.8 Å². The third-order valence-electron chi connectivity index (χ3n) is 5.66. The lowest BCUT2D eigenvalue weighted by molar-refractivity contribution is -0.139. The van der Waals surface area contributed by atoms with E-state index >= 15 is 0 Å². The molecule has 2 fully saturated rings. The topological polar surface area (TPSA) is 72.9 Å². The van der Waals surface area contributed by atoms with Gasteiger partial charge in [0.25, 0.3) is 0 Å². The first-order chi connectivity index (χ1) is 14.2. The van der Waals surface area contributed by atoms with Crippen LogP contribution >= 0.6 is 11.6 Å². The summed E-state index contributed by atoms with van der Waals surface area (Å²) in [6, 6.07) is 3.81. The largest absolute Gasteiger partial charge is 0.357 e. The summed E-state index contributed by atoms with van der Waals surface area (Å²) in [6.07, 6.45) is 6.06. The molecule has 0 radical (unpaired) electrons. The molecule has 160 valence electrons. The van der Waals surface area contributed by atoms with Gasteiger partial charge in [-0.2, -0.15) is 0 Å². The molecule has 3 rings (SSSR count). The molecule has 0 spiro atoms. The number of guanidine groups is 1. The Morgan fingerprint density at radius 2 is 2.03 bits per heavy atom. The molecule has 2 aliphatic rings. The molecule has 0 atom stereocenters. The predicted octanol–water partition coefficient (Wildman–Crippen LogP) is 1.78. The van der Waals surface area contributed by atoms with Crippen LogP contribution in [0.3, 0.4) is 0 Å². The van der Waals surface area contributed by atoms with Gasteiger partial charge in [0.15, 0.2) is 5.96 Å². The summed E-state index contributed by atoms with van der Waals surface area (Å²) < 4.78 is 0. The van der Waals surface area contributed by atoms with Gasteiger partial charge in [-0.15, -0.1) is 0 Å². The van der Waals surface area contributed by atoms with Crippen LogP contribution in [0.25, 0.3) is 0 Å². The van der Waals surface area contributed by atoms with Crippen LogP contribution in [0.4, 0.5) is 0 Å². The number of pyridine rings is 1. The summed E-state index contributed by atoms with van der Waals surface area (Å²) in [4.78, 5) is 25.6. The van der Waals surface area contributed by atoms with E-state index in [1.165, 1.54) is 6.42 Å². The van der Waals surface area contributed by atoms with Crippen molar-refractivity contribution in [3.63, 3.8) is 0 Å². The Balaban J connectivity index is 1.35. The number of nitrogens with zero attached hydrogens (tertiary/aromatic N) is 4. The summed E-state index contributed by atoms with van der Waals surface area (Å²) in [5.41, 5.74) is 1.15. The number of aromatic nitrogens is 1. The van der Waals surface area contributed by atoms with Gasteiger partial charge >= 0.3 is 0 Å². The van der Waals surface area contributed by atoms with Gasteiger partial charge in [0.2, 0.25) is 5.91 Å². The Kier molecular flexibility index (Phi) is 8.55. The second-order valence-electron chi connectivity index (χ2n) is 7.72. The Hall–Kier alpha value is -1.86. The molecule has 29 heavy (non-hydrogen) atoms. The van der Waals surface area contributed by atoms with E-state index in [1.54, 1.807) is 0 Å². The van der Waals surface area contributed by atoms with Crippen LogP contribution in [-0.4, -0.2) is 79.0 Å². The SMILES string of the molecule is CCNC(=NCCN1CCN(C(=O)C2CCC2)CC1)NCCc1ccc(Cl)nc1.